The van der Waals surface area contributed by atoms with Gasteiger partial charge in [-0.1, -0.05) is 19.1 Å². The molecule has 2 aromatic rings. The molecule has 1 aromatic carbocycles. The second-order valence-corrected chi connectivity index (χ2v) is 4.99. The quantitative estimate of drug-likeness (QED) is 0.918. The zero-order chi connectivity index (χ0) is 16.1. The average molecular weight is 300 g/mol. The molecule has 1 aromatic heterocycles. The van der Waals surface area contributed by atoms with Crippen LogP contribution in [0.5, 0.6) is 6.01 Å². The van der Waals surface area contributed by atoms with E-state index in [0.29, 0.717) is 17.1 Å². The van der Waals surface area contributed by atoms with Crippen LogP contribution in [0, 0.1) is 0 Å². The molecular weight excluding hydrogens is 280 g/mol. The molecule has 0 bridgehead atoms. The molecule has 0 saturated carbocycles. The van der Waals surface area contributed by atoms with E-state index in [2.05, 4.69) is 22.2 Å². The maximum absolute atomic E-state index is 12.3. The lowest BCUT2D eigenvalue weighted by molar-refractivity contribution is 0.102. The maximum Gasteiger partial charge on any atom is 0.318 e. The minimum Gasteiger partial charge on any atom is -0.467 e. The van der Waals surface area contributed by atoms with Crippen LogP contribution in [0.2, 0.25) is 0 Å². The number of ether oxygens (including phenoxy) is 1. The fourth-order valence-electron chi connectivity index (χ4n) is 1.97. The van der Waals surface area contributed by atoms with Crippen LogP contribution in [-0.2, 0) is 6.42 Å². The molecule has 0 saturated heterocycles. The Labute approximate surface area is 130 Å². The van der Waals surface area contributed by atoms with Gasteiger partial charge in [-0.2, -0.15) is 4.98 Å². The van der Waals surface area contributed by atoms with Crippen molar-refractivity contribution in [2.45, 2.75) is 13.3 Å². The summed E-state index contributed by atoms with van der Waals surface area (Å²) in [5.41, 5.74) is 2.33. The molecule has 0 radical (unpaired) electrons. The lowest BCUT2D eigenvalue weighted by Gasteiger charge is -2.16. The number of methoxy groups -OCH3 is 1. The first-order chi connectivity index (χ1) is 10.5. The fraction of sp³-hybridized carbons (Fsp3) is 0.312. The molecule has 0 unspecified atom stereocenters. The number of benzene rings is 1. The molecule has 0 atom stereocenters. The molecule has 1 heterocycles. The van der Waals surface area contributed by atoms with Crippen molar-refractivity contribution in [3.05, 3.63) is 41.6 Å². The molecule has 0 aliphatic carbocycles. The summed E-state index contributed by atoms with van der Waals surface area (Å²) < 4.78 is 5.01. The molecule has 1 amide bonds. The van der Waals surface area contributed by atoms with Gasteiger partial charge in [0.25, 0.3) is 5.91 Å². The van der Waals surface area contributed by atoms with Gasteiger partial charge in [-0.15, -0.1) is 0 Å². The van der Waals surface area contributed by atoms with Crippen LogP contribution in [0.3, 0.4) is 0 Å². The second-order valence-electron chi connectivity index (χ2n) is 4.99. The van der Waals surface area contributed by atoms with E-state index in [1.54, 1.807) is 11.1 Å². The third kappa shape index (κ3) is 3.52. The van der Waals surface area contributed by atoms with Crippen molar-refractivity contribution in [1.29, 1.82) is 0 Å². The molecule has 116 valence electrons. The number of aryl methyl sites for hydroxylation is 1. The highest BCUT2D eigenvalue weighted by Gasteiger charge is 2.13. The monoisotopic (exact) mass is 300 g/mol. The van der Waals surface area contributed by atoms with Crippen molar-refractivity contribution in [1.82, 2.24) is 9.97 Å². The summed E-state index contributed by atoms with van der Waals surface area (Å²) in [5.74, 6) is 0.393. The Morgan fingerprint density at radius 3 is 2.50 bits per heavy atom. The maximum atomic E-state index is 12.3. The van der Waals surface area contributed by atoms with Gasteiger partial charge in [0, 0.05) is 19.7 Å². The van der Waals surface area contributed by atoms with E-state index in [4.69, 9.17) is 4.74 Å². The predicted octanol–water partition coefficient (Wildman–Crippen LogP) is 2.37. The van der Waals surface area contributed by atoms with Gasteiger partial charge >= 0.3 is 6.01 Å². The minimum atomic E-state index is -0.195. The molecular formula is C16H20N4O2. The number of nitrogens with one attached hydrogen (secondary N) is 1. The van der Waals surface area contributed by atoms with Crippen LogP contribution in [-0.4, -0.2) is 37.1 Å². The minimum absolute atomic E-state index is 0.195. The van der Waals surface area contributed by atoms with Gasteiger partial charge in [0.15, 0.2) is 5.82 Å². The van der Waals surface area contributed by atoms with Gasteiger partial charge in [-0.25, -0.2) is 4.98 Å². The van der Waals surface area contributed by atoms with Gasteiger partial charge in [0.1, 0.15) is 5.69 Å². The summed E-state index contributed by atoms with van der Waals surface area (Å²) in [6, 6.07) is 7.79. The van der Waals surface area contributed by atoms with Gasteiger partial charge in [0.2, 0.25) is 0 Å². The Kier molecular flexibility index (Phi) is 4.93. The normalized spacial score (nSPS) is 10.2. The Hall–Kier alpha value is -2.63. The first-order valence-corrected chi connectivity index (χ1v) is 7.03. The highest BCUT2D eigenvalue weighted by molar-refractivity contribution is 6.05. The zero-order valence-corrected chi connectivity index (χ0v) is 13.3. The van der Waals surface area contributed by atoms with Crippen LogP contribution in [0.1, 0.15) is 22.8 Å². The summed E-state index contributed by atoms with van der Waals surface area (Å²) in [7, 11) is 5.18. The Balaban J connectivity index is 2.23. The number of carbonyl (C=O) groups is 1. The van der Waals surface area contributed by atoms with Crippen molar-refractivity contribution in [3.63, 3.8) is 0 Å². The number of amides is 1. The van der Waals surface area contributed by atoms with Gasteiger partial charge in [-0.05, 0) is 24.1 Å². The summed E-state index contributed by atoms with van der Waals surface area (Å²) in [6.07, 6.45) is 2.48. The number of anilines is 2. The summed E-state index contributed by atoms with van der Waals surface area (Å²) >= 11 is 0. The summed E-state index contributed by atoms with van der Waals surface area (Å²) in [5, 5.41) is 2.84. The van der Waals surface area contributed by atoms with Crippen LogP contribution in [0.4, 0.5) is 11.5 Å². The molecule has 6 nitrogen and oxygen atoms in total. The molecule has 0 fully saturated rings. The van der Waals surface area contributed by atoms with E-state index in [0.717, 1.165) is 6.42 Å². The number of hydrogen-bond donors (Lipinski definition) is 1. The number of hydrogen-bond acceptors (Lipinski definition) is 5. The molecule has 0 aliphatic heterocycles. The topological polar surface area (TPSA) is 67.3 Å². The molecule has 2 rings (SSSR count). The number of carbonyl (C=O) groups excluding carboxylic acids is 1. The van der Waals surface area contributed by atoms with Gasteiger partial charge in [-0.3, -0.25) is 4.79 Å². The van der Waals surface area contributed by atoms with E-state index in [1.165, 1.54) is 12.7 Å². The van der Waals surface area contributed by atoms with Crippen molar-refractivity contribution < 1.29 is 9.53 Å². The first kappa shape index (κ1) is 15.8. The van der Waals surface area contributed by atoms with E-state index in [-0.39, 0.29) is 11.9 Å². The molecule has 0 aliphatic rings. The number of nitrogens with zero attached hydrogens (tertiary/aromatic N) is 3. The number of rotatable bonds is 5. The lowest BCUT2D eigenvalue weighted by atomic mass is 10.1. The zero-order valence-electron chi connectivity index (χ0n) is 13.3. The smallest absolute Gasteiger partial charge is 0.318 e. The first-order valence-electron chi connectivity index (χ1n) is 7.03. The fourth-order valence-corrected chi connectivity index (χ4v) is 1.97. The third-order valence-corrected chi connectivity index (χ3v) is 3.23. The van der Waals surface area contributed by atoms with Crippen molar-refractivity contribution in [2.24, 2.45) is 0 Å². The standard InChI is InChI=1S/C16H20N4O2/c1-5-11-6-8-12(9-7-11)15(21)18-13-10-17-16(22-4)19-14(13)20(2)3/h6-10H,5H2,1-4H3,(H,18,21). The SMILES string of the molecule is CCc1ccc(C(=O)Nc2cnc(OC)nc2N(C)C)cc1. The lowest BCUT2D eigenvalue weighted by Crippen LogP contribution is -2.18. The van der Waals surface area contributed by atoms with Crippen molar-refractivity contribution in [2.75, 3.05) is 31.4 Å². The highest BCUT2D eigenvalue weighted by atomic mass is 16.5. The van der Waals surface area contributed by atoms with Crippen molar-refractivity contribution >= 4 is 17.4 Å². The van der Waals surface area contributed by atoms with Crippen LogP contribution in [0.25, 0.3) is 0 Å². The Morgan fingerprint density at radius 1 is 1.27 bits per heavy atom. The van der Waals surface area contributed by atoms with Crippen LogP contribution in [0.15, 0.2) is 30.5 Å². The summed E-state index contributed by atoms with van der Waals surface area (Å²) in [4.78, 5) is 22.4. The van der Waals surface area contributed by atoms with E-state index in [1.807, 2.05) is 38.4 Å². The predicted molar refractivity (Wildman–Crippen MR) is 86.7 cm³/mol. The summed E-state index contributed by atoms with van der Waals surface area (Å²) in [6.45, 7) is 2.08. The molecule has 0 spiro atoms. The molecule has 6 heteroatoms. The largest absolute Gasteiger partial charge is 0.467 e. The van der Waals surface area contributed by atoms with Gasteiger partial charge < -0.3 is 15.0 Å². The highest BCUT2D eigenvalue weighted by Crippen LogP contribution is 2.23. The molecule has 22 heavy (non-hydrogen) atoms. The average Bonchev–Trinajstić information content (AvgIpc) is 2.55. The van der Waals surface area contributed by atoms with Gasteiger partial charge in [0.05, 0.1) is 13.3 Å². The second kappa shape index (κ2) is 6.89. The van der Waals surface area contributed by atoms with Crippen molar-refractivity contribution in [3.8, 4) is 6.01 Å². The molecule has 1 N–H and O–H groups in total. The number of aromatic nitrogens is 2. The van der Waals surface area contributed by atoms with E-state index < -0.39 is 0 Å². The van der Waals surface area contributed by atoms with E-state index in [9.17, 15) is 4.79 Å². The Bertz CT molecular complexity index is 654. The third-order valence-electron chi connectivity index (χ3n) is 3.23. The van der Waals surface area contributed by atoms with E-state index >= 15 is 0 Å². The van der Waals surface area contributed by atoms with Crippen LogP contribution < -0.4 is 15.0 Å². The Morgan fingerprint density at radius 2 is 1.95 bits per heavy atom. The van der Waals surface area contributed by atoms with Crippen LogP contribution >= 0.6 is 0 Å².